The molecule has 3 heterocycles. The van der Waals surface area contributed by atoms with Crippen LogP contribution in [-0.4, -0.2) is 64.8 Å². The highest BCUT2D eigenvalue weighted by molar-refractivity contribution is 6.34. The first-order chi connectivity index (χ1) is 17.7. The average Bonchev–Trinajstić information content (AvgIpc) is 2.80. The molecule has 1 amide bonds. The fourth-order valence-electron chi connectivity index (χ4n) is 4.35. The fraction of sp³-hybridized carbons (Fsp3) is 0.440. The lowest BCUT2D eigenvalue weighted by Crippen LogP contribution is -2.50. The van der Waals surface area contributed by atoms with Gasteiger partial charge in [-0.2, -0.15) is 18.2 Å². The van der Waals surface area contributed by atoms with Gasteiger partial charge in [0.15, 0.2) is 0 Å². The van der Waals surface area contributed by atoms with E-state index in [9.17, 15) is 18.0 Å². The number of alkyl halides is 3. The summed E-state index contributed by atoms with van der Waals surface area (Å²) in [4.78, 5) is 29.1. The molecule has 3 aromatic rings. The minimum Gasteiger partial charge on any atom is -0.444 e. The summed E-state index contributed by atoms with van der Waals surface area (Å²) in [5.41, 5.74) is 4.31. The summed E-state index contributed by atoms with van der Waals surface area (Å²) in [5.74, 6) is 0.774. The number of hydrogen-bond donors (Lipinski definition) is 2. The van der Waals surface area contributed by atoms with Crippen molar-refractivity contribution in [3.63, 3.8) is 0 Å². The van der Waals surface area contributed by atoms with Gasteiger partial charge < -0.3 is 25.6 Å². The van der Waals surface area contributed by atoms with Crippen molar-refractivity contribution < 1.29 is 22.7 Å². The number of nitrogens with one attached hydrogen (secondary N) is 1. The summed E-state index contributed by atoms with van der Waals surface area (Å²) in [6.07, 6.45) is -5.06. The maximum atomic E-state index is 14.0. The highest BCUT2D eigenvalue weighted by Gasteiger charge is 2.37. The van der Waals surface area contributed by atoms with Crippen molar-refractivity contribution in [2.75, 3.05) is 49.2 Å². The quantitative estimate of drug-likeness (QED) is 0.448. The van der Waals surface area contributed by atoms with Gasteiger partial charge in [0, 0.05) is 44.2 Å². The Morgan fingerprint density at radius 2 is 1.74 bits per heavy atom. The second-order valence-corrected chi connectivity index (χ2v) is 10.4. The number of benzene rings is 1. The maximum absolute atomic E-state index is 14.0. The van der Waals surface area contributed by atoms with Gasteiger partial charge in [0.1, 0.15) is 17.2 Å². The number of hydrogen-bond acceptors (Lipinski definition) is 8. The second-order valence-electron chi connectivity index (χ2n) is 10.0. The van der Waals surface area contributed by atoms with Gasteiger partial charge in [-0.3, -0.25) is 0 Å². The number of fused-ring (bicyclic) bond motifs is 1. The molecule has 1 aromatic carbocycles. The SMILES string of the molecule is CNc1nc(N2CCN(C(=O)OC(C)(C)C)CC2)c2cc(Cl)c(-c3nc(N)cc(C)c3C(F)(F)F)cc2n1. The molecule has 0 radical (unpaired) electrons. The van der Waals surface area contributed by atoms with Gasteiger partial charge in [0.05, 0.1) is 21.8 Å². The molecule has 1 saturated heterocycles. The third kappa shape index (κ3) is 5.64. The number of nitrogens with two attached hydrogens (primary N) is 1. The van der Waals surface area contributed by atoms with Crippen molar-refractivity contribution in [2.24, 2.45) is 0 Å². The van der Waals surface area contributed by atoms with Crippen LogP contribution in [0.25, 0.3) is 22.2 Å². The van der Waals surface area contributed by atoms with Gasteiger partial charge in [0.25, 0.3) is 0 Å². The molecule has 0 bridgehead atoms. The lowest BCUT2D eigenvalue weighted by atomic mass is 9.99. The van der Waals surface area contributed by atoms with E-state index >= 15 is 0 Å². The highest BCUT2D eigenvalue weighted by Crippen LogP contribution is 2.42. The molecule has 38 heavy (non-hydrogen) atoms. The molecule has 1 aliphatic heterocycles. The standard InChI is InChI=1S/C25H29ClF3N7O2/c1-13-10-18(30)33-20(19(13)25(27,28)29)14-12-17-15(11-16(14)26)21(34-22(31-5)32-17)35-6-8-36(9-7-35)23(37)38-24(2,3)4/h10-12H,6-9H2,1-5H3,(H2,30,33)(H,31,32,34). The predicted octanol–water partition coefficient (Wildman–Crippen LogP) is 5.35. The van der Waals surface area contributed by atoms with E-state index in [2.05, 4.69) is 20.3 Å². The van der Waals surface area contributed by atoms with E-state index in [1.165, 1.54) is 19.1 Å². The topological polar surface area (TPSA) is 110 Å². The van der Waals surface area contributed by atoms with Crippen LogP contribution in [0.2, 0.25) is 5.02 Å². The van der Waals surface area contributed by atoms with Crippen molar-refractivity contribution in [1.82, 2.24) is 19.9 Å². The number of carbonyl (C=O) groups is 1. The average molecular weight is 552 g/mol. The van der Waals surface area contributed by atoms with Crippen molar-refractivity contribution in [3.8, 4) is 11.3 Å². The number of halogens is 4. The summed E-state index contributed by atoms with van der Waals surface area (Å²) in [5, 5.41) is 3.50. The van der Waals surface area contributed by atoms with Crippen LogP contribution in [0.4, 0.5) is 35.5 Å². The summed E-state index contributed by atoms with van der Waals surface area (Å²) in [6, 6.07) is 4.19. The van der Waals surface area contributed by atoms with Crippen LogP contribution < -0.4 is 16.0 Å². The van der Waals surface area contributed by atoms with Crippen LogP contribution in [0.15, 0.2) is 18.2 Å². The van der Waals surface area contributed by atoms with Crippen LogP contribution in [0.3, 0.4) is 0 Å². The van der Waals surface area contributed by atoms with Crippen LogP contribution in [0, 0.1) is 6.92 Å². The lowest BCUT2D eigenvalue weighted by Gasteiger charge is -2.36. The molecule has 0 saturated carbocycles. The Kier molecular flexibility index (Phi) is 7.21. The summed E-state index contributed by atoms with van der Waals surface area (Å²) < 4.78 is 47.4. The third-order valence-electron chi connectivity index (χ3n) is 5.99. The zero-order valence-corrected chi connectivity index (χ0v) is 22.5. The monoisotopic (exact) mass is 551 g/mol. The Balaban J connectivity index is 1.76. The number of pyridine rings is 1. The van der Waals surface area contributed by atoms with Crippen LogP contribution in [-0.2, 0) is 10.9 Å². The Morgan fingerprint density at radius 3 is 2.32 bits per heavy atom. The molecule has 4 rings (SSSR count). The van der Waals surface area contributed by atoms with E-state index in [-0.39, 0.29) is 33.6 Å². The molecule has 0 spiro atoms. The number of nitrogens with zero attached hydrogens (tertiary/aromatic N) is 5. The van der Waals surface area contributed by atoms with Crippen LogP contribution >= 0.6 is 11.6 Å². The Morgan fingerprint density at radius 1 is 1.08 bits per heavy atom. The summed E-state index contributed by atoms with van der Waals surface area (Å²) in [6.45, 7) is 8.49. The molecule has 1 fully saturated rings. The van der Waals surface area contributed by atoms with Crippen LogP contribution in [0.1, 0.15) is 31.9 Å². The fourth-order valence-corrected chi connectivity index (χ4v) is 4.60. The molecule has 0 unspecified atom stereocenters. The first kappa shape index (κ1) is 27.5. The van der Waals surface area contributed by atoms with E-state index in [0.717, 1.165) is 0 Å². The van der Waals surface area contributed by atoms with E-state index in [0.29, 0.717) is 42.9 Å². The van der Waals surface area contributed by atoms with Gasteiger partial charge in [0.2, 0.25) is 5.95 Å². The van der Waals surface area contributed by atoms with Gasteiger partial charge in [-0.15, -0.1) is 0 Å². The highest BCUT2D eigenvalue weighted by atomic mass is 35.5. The number of nitrogen functional groups attached to an aromatic ring is 1. The predicted molar refractivity (Wildman–Crippen MR) is 141 cm³/mol. The number of aromatic nitrogens is 3. The molecular weight excluding hydrogens is 523 g/mol. The minimum atomic E-state index is -4.67. The normalized spacial score (nSPS) is 14.7. The molecule has 13 heteroatoms. The maximum Gasteiger partial charge on any atom is 0.418 e. The summed E-state index contributed by atoms with van der Waals surface area (Å²) in [7, 11) is 1.65. The van der Waals surface area contributed by atoms with Gasteiger partial charge in [-0.05, 0) is 51.5 Å². The summed E-state index contributed by atoms with van der Waals surface area (Å²) >= 11 is 6.57. The number of piperazine rings is 1. The molecule has 204 valence electrons. The Bertz CT molecular complexity index is 1380. The van der Waals surface area contributed by atoms with Crippen molar-refractivity contribution in [3.05, 3.63) is 34.3 Å². The van der Waals surface area contributed by atoms with E-state index < -0.39 is 23.4 Å². The number of amides is 1. The van der Waals surface area contributed by atoms with E-state index in [1.54, 1.807) is 18.0 Å². The number of aryl methyl sites for hydroxylation is 1. The zero-order chi connectivity index (χ0) is 28.0. The van der Waals surface area contributed by atoms with Gasteiger partial charge >= 0.3 is 12.3 Å². The smallest absolute Gasteiger partial charge is 0.418 e. The minimum absolute atomic E-state index is 0.0509. The molecule has 0 aliphatic carbocycles. The van der Waals surface area contributed by atoms with Crippen molar-refractivity contribution in [2.45, 2.75) is 39.5 Å². The van der Waals surface area contributed by atoms with Gasteiger partial charge in [-0.25, -0.2) is 14.8 Å². The molecule has 3 N–H and O–H groups in total. The Labute approximate surface area is 223 Å². The molecular formula is C25H29ClF3N7O2. The largest absolute Gasteiger partial charge is 0.444 e. The van der Waals surface area contributed by atoms with Crippen molar-refractivity contribution >= 4 is 46.2 Å². The Hall–Kier alpha value is -3.54. The lowest BCUT2D eigenvalue weighted by molar-refractivity contribution is -0.137. The van der Waals surface area contributed by atoms with Crippen LogP contribution in [0.5, 0.6) is 0 Å². The van der Waals surface area contributed by atoms with Gasteiger partial charge in [-0.1, -0.05) is 11.6 Å². The second kappa shape index (κ2) is 9.97. The molecule has 9 nitrogen and oxygen atoms in total. The number of ether oxygens (including phenoxy) is 1. The third-order valence-corrected chi connectivity index (χ3v) is 6.31. The van der Waals surface area contributed by atoms with E-state index in [1.807, 2.05) is 25.7 Å². The molecule has 1 aliphatic rings. The number of anilines is 3. The van der Waals surface area contributed by atoms with Crippen molar-refractivity contribution in [1.29, 1.82) is 0 Å². The van der Waals surface area contributed by atoms with E-state index in [4.69, 9.17) is 22.1 Å². The first-order valence-electron chi connectivity index (χ1n) is 11.9. The zero-order valence-electron chi connectivity index (χ0n) is 21.7. The first-order valence-corrected chi connectivity index (χ1v) is 12.3. The number of rotatable bonds is 3. The number of carbonyl (C=O) groups excluding carboxylic acids is 1. The molecule has 2 aromatic heterocycles. The molecule has 0 atom stereocenters.